The highest BCUT2D eigenvalue weighted by atomic mass is 35.5. The van der Waals surface area contributed by atoms with Gasteiger partial charge in [0.2, 0.25) is 0 Å². The van der Waals surface area contributed by atoms with Crippen LogP contribution in [0.5, 0.6) is 0 Å². The fraction of sp³-hybridized carbons (Fsp3) is 0.533. The lowest BCUT2D eigenvalue weighted by molar-refractivity contribution is 0.193. The van der Waals surface area contributed by atoms with Crippen LogP contribution >= 0.6 is 23.8 Å². The molecule has 1 aromatic rings. The van der Waals surface area contributed by atoms with Gasteiger partial charge in [-0.1, -0.05) is 30.7 Å². The minimum Gasteiger partial charge on any atom is -0.389 e. The first-order valence-corrected chi connectivity index (χ1v) is 7.90. The highest BCUT2D eigenvalue weighted by molar-refractivity contribution is 7.80. The van der Waals surface area contributed by atoms with Gasteiger partial charge in [-0.15, -0.1) is 0 Å². The maximum Gasteiger partial charge on any atom is 0.104 e. The summed E-state index contributed by atoms with van der Waals surface area (Å²) < 4.78 is 0. The van der Waals surface area contributed by atoms with Crippen LogP contribution in [0.1, 0.15) is 25.8 Å². The predicted molar refractivity (Wildman–Crippen MR) is 90.9 cm³/mol. The predicted octanol–water partition coefficient (Wildman–Crippen LogP) is 2.89. The Labute approximate surface area is 131 Å². The SMILES string of the molecule is CCC(C)N1CCN(c2ccc(C(N)=S)cc2Cl)CC1. The summed E-state index contributed by atoms with van der Waals surface area (Å²) in [5.41, 5.74) is 7.54. The van der Waals surface area contributed by atoms with E-state index in [0.29, 0.717) is 11.0 Å². The van der Waals surface area contributed by atoms with Gasteiger partial charge in [-0.25, -0.2) is 0 Å². The Morgan fingerprint density at radius 1 is 1.35 bits per heavy atom. The first-order chi connectivity index (χ1) is 9.52. The molecule has 0 radical (unpaired) electrons. The van der Waals surface area contributed by atoms with Crippen molar-refractivity contribution in [1.82, 2.24) is 4.90 Å². The molecule has 1 aliphatic rings. The number of nitrogens with two attached hydrogens (primary N) is 1. The molecule has 0 saturated carbocycles. The molecule has 0 amide bonds. The number of hydrogen-bond acceptors (Lipinski definition) is 3. The number of benzene rings is 1. The molecule has 0 aliphatic carbocycles. The molecular formula is C15H22ClN3S. The number of anilines is 1. The summed E-state index contributed by atoms with van der Waals surface area (Å²) in [7, 11) is 0. The molecule has 1 fully saturated rings. The van der Waals surface area contributed by atoms with Crippen LogP contribution < -0.4 is 10.6 Å². The smallest absolute Gasteiger partial charge is 0.104 e. The van der Waals surface area contributed by atoms with Gasteiger partial charge in [0.05, 0.1) is 10.7 Å². The average molecular weight is 312 g/mol. The van der Waals surface area contributed by atoms with E-state index in [2.05, 4.69) is 23.6 Å². The Bertz CT molecular complexity index is 484. The van der Waals surface area contributed by atoms with E-state index in [1.165, 1.54) is 6.42 Å². The molecule has 110 valence electrons. The highest BCUT2D eigenvalue weighted by Crippen LogP contribution is 2.28. The van der Waals surface area contributed by atoms with E-state index in [-0.39, 0.29) is 0 Å². The quantitative estimate of drug-likeness (QED) is 0.867. The van der Waals surface area contributed by atoms with E-state index in [4.69, 9.17) is 29.6 Å². The molecule has 2 N–H and O–H groups in total. The summed E-state index contributed by atoms with van der Waals surface area (Å²) >= 11 is 11.3. The first kappa shape index (κ1) is 15.5. The number of nitrogens with zero attached hydrogens (tertiary/aromatic N) is 2. The maximum absolute atomic E-state index is 6.36. The summed E-state index contributed by atoms with van der Waals surface area (Å²) in [5.74, 6) is 0. The molecule has 20 heavy (non-hydrogen) atoms. The molecule has 1 heterocycles. The molecule has 1 aliphatic heterocycles. The molecule has 1 atom stereocenters. The first-order valence-electron chi connectivity index (χ1n) is 7.11. The third-order valence-electron chi connectivity index (χ3n) is 4.10. The second kappa shape index (κ2) is 6.74. The molecule has 0 spiro atoms. The summed E-state index contributed by atoms with van der Waals surface area (Å²) in [6, 6.07) is 6.49. The summed E-state index contributed by atoms with van der Waals surface area (Å²) in [4.78, 5) is 5.26. The number of halogens is 1. The van der Waals surface area contributed by atoms with Crippen LogP contribution in [-0.2, 0) is 0 Å². The van der Waals surface area contributed by atoms with Crippen LogP contribution in [-0.4, -0.2) is 42.1 Å². The van der Waals surface area contributed by atoms with Gasteiger partial charge >= 0.3 is 0 Å². The Morgan fingerprint density at radius 3 is 2.50 bits per heavy atom. The molecule has 3 nitrogen and oxygen atoms in total. The normalized spacial score (nSPS) is 18.1. The lowest BCUT2D eigenvalue weighted by Gasteiger charge is -2.39. The van der Waals surface area contributed by atoms with Gasteiger partial charge in [0.25, 0.3) is 0 Å². The Balaban J connectivity index is 2.05. The minimum atomic E-state index is 0.389. The van der Waals surface area contributed by atoms with E-state index >= 15 is 0 Å². The van der Waals surface area contributed by atoms with Crippen LogP contribution in [0.15, 0.2) is 18.2 Å². The van der Waals surface area contributed by atoms with Crippen LogP contribution in [0, 0.1) is 0 Å². The fourth-order valence-electron chi connectivity index (χ4n) is 2.58. The summed E-state index contributed by atoms with van der Waals surface area (Å²) in [6.45, 7) is 8.72. The van der Waals surface area contributed by atoms with Crippen molar-refractivity contribution < 1.29 is 0 Å². The zero-order valence-electron chi connectivity index (χ0n) is 12.1. The molecule has 2 rings (SSSR count). The van der Waals surface area contributed by atoms with Gasteiger partial charge in [0.15, 0.2) is 0 Å². The average Bonchev–Trinajstić information content (AvgIpc) is 2.46. The van der Waals surface area contributed by atoms with Gasteiger partial charge < -0.3 is 10.6 Å². The van der Waals surface area contributed by atoms with Gasteiger partial charge in [-0.2, -0.15) is 0 Å². The summed E-state index contributed by atoms with van der Waals surface area (Å²) in [5, 5.41) is 0.729. The van der Waals surface area contributed by atoms with Gasteiger partial charge in [-0.3, -0.25) is 4.90 Å². The van der Waals surface area contributed by atoms with Gasteiger partial charge in [0.1, 0.15) is 4.99 Å². The molecule has 1 aromatic carbocycles. The maximum atomic E-state index is 6.36. The van der Waals surface area contributed by atoms with Crippen molar-refractivity contribution in [1.29, 1.82) is 0 Å². The highest BCUT2D eigenvalue weighted by Gasteiger charge is 2.21. The molecular weight excluding hydrogens is 290 g/mol. The van der Waals surface area contributed by atoms with Crippen LogP contribution in [0.4, 0.5) is 5.69 Å². The lowest BCUT2D eigenvalue weighted by atomic mass is 10.1. The standard InChI is InChI=1S/C15H22ClN3S/c1-3-11(2)18-6-8-19(9-7-18)14-5-4-12(15(17)20)10-13(14)16/h4-5,10-11H,3,6-9H2,1-2H3,(H2,17,20). The Kier molecular flexibility index (Phi) is 5.24. The largest absolute Gasteiger partial charge is 0.389 e. The second-order valence-corrected chi connectivity index (χ2v) is 6.16. The molecule has 1 unspecified atom stereocenters. The fourth-order valence-corrected chi connectivity index (χ4v) is 3.01. The molecule has 0 aromatic heterocycles. The molecule has 1 saturated heterocycles. The summed E-state index contributed by atoms with van der Waals surface area (Å²) in [6.07, 6.45) is 1.20. The Hall–Kier alpha value is -0.840. The number of hydrogen-bond donors (Lipinski definition) is 1. The lowest BCUT2D eigenvalue weighted by Crippen LogP contribution is -2.49. The minimum absolute atomic E-state index is 0.389. The van der Waals surface area contributed by atoms with Gasteiger partial charge in [0, 0.05) is 37.8 Å². The van der Waals surface area contributed by atoms with Crippen molar-refractivity contribution in [3.8, 4) is 0 Å². The van der Waals surface area contributed by atoms with E-state index in [1.54, 1.807) is 0 Å². The van der Waals surface area contributed by atoms with Crippen molar-refractivity contribution in [2.75, 3.05) is 31.1 Å². The van der Waals surface area contributed by atoms with Crippen molar-refractivity contribution >= 4 is 34.5 Å². The monoisotopic (exact) mass is 311 g/mol. The number of rotatable bonds is 4. The third-order valence-corrected chi connectivity index (χ3v) is 4.64. The van der Waals surface area contributed by atoms with Crippen molar-refractivity contribution in [2.45, 2.75) is 26.3 Å². The third kappa shape index (κ3) is 3.43. The van der Waals surface area contributed by atoms with Crippen molar-refractivity contribution in [2.24, 2.45) is 5.73 Å². The van der Waals surface area contributed by atoms with Crippen molar-refractivity contribution in [3.05, 3.63) is 28.8 Å². The Morgan fingerprint density at radius 2 is 2.00 bits per heavy atom. The van der Waals surface area contributed by atoms with Gasteiger partial charge in [-0.05, 0) is 31.5 Å². The van der Waals surface area contributed by atoms with Crippen LogP contribution in [0.2, 0.25) is 5.02 Å². The van der Waals surface area contributed by atoms with E-state index in [9.17, 15) is 0 Å². The number of thiocarbonyl (C=S) groups is 1. The molecule has 5 heteroatoms. The zero-order valence-corrected chi connectivity index (χ0v) is 13.7. The molecule has 0 bridgehead atoms. The van der Waals surface area contributed by atoms with Crippen LogP contribution in [0.25, 0.3) is 0 Å². The van der Waals surface area contributed by atoms with Crippen LogP contribution in [0.3, 0.4) is 0 Å². The number of piperazine rings is 1. The van der Waals surface area contributed by atoms with E-state index < -0.39 is 0 Å². The zero-order chi connectivity index (χ0) is 14.7. The van der Waals surface area contributed by atoms with E-state index in [1.807, 2.05) is 18.2 Å². The second-order valence-electron chi connectivity index (χ2n) is 5.31. The van der Waals surface area contributed by atoms with Crippen molar-refractivity contribution in [3.63, 3.8) is 0 Å². The topological polar surface area (TPSA) is 32.5 Å². The van der Waals surface area contributed by atoms with E-state index in [0.717, 1.165) is 42.5 Å².